The lowest BCUT2D eigenvalue weighted by Gasteiger charge is -2.12. The minimum Gasteiger partial charge on any atom is -0.508 e. The van der Waals surface area contributed by atoms with Crippen LogP contribution in [0.5, 0.6) is 11.5 Å². The third-order valence-corrected chi connectivity index (χ3v) is 3.48. The number of hydrogen-bond acceptors (Lipinski definition) is 4. The molecule has 0 aliphatic carbocycles. The molecule has 0 spiro atoms. The first-order valence-corrected chi connectivity index (χ1v) is 6.90. The smallest absolute Gasteiger partial charge is 0.128 e. The van der Waals surface area contributed by atoms with Gasteiger partial charge in [0.1, 0.15) is 11.5 Å². The van der Waals surface area contributed by atoms with Crippen LogP contribution in [0, 0.1) is 0 Å². The van der Waals surface area contributed by atoms with Crippen molar-refractivity contribution in [3.63, 3.8) is 0 Å². The molecule has 2 aromatic carbocycles. The van der Waals surface area contributed by atoms with Crippen LogP contribution in [0.1, 0.15) is 0 Å². The Morgan fingerprint density at radius 3 is 2.32 bits per heavy atom. The molecule has 1 heterocycles. The van der Waals surface area contributed by atoms with E-state index >= 15 is 0 Å². The third kappa shape index (κ3) is 2.61. The van der Waals surface area contributed by atoms with Gasteiger partial charge in [0.2, 0.25) is 0 Å². The van der Waals surface area contributed by atoms with Crippen LogP contribution in [0.4, 0.5) is 5.69 Å². The van der Waals surface area contributed by atoms with Gasteiger partial charge in [-0.15, -0.1) is 0 Å². The zero-order valence-corrected chi connectivity index (χ0v) is 12.4. The van der Waals surface area contributed by atoms with Crippen LogP contribution >= 0.6 is 0 Å². The lowest BCUT2D eigenvalue weighted by atomic mass is 10.1. The first-order chi connectivity index (χ1) is 10.5. The van der Waals surface area contributed by atoms with Gasteiger partial charge in [-0.3, -0.25) is 0 Å². The zero-order chi connectivity index (χ0) is 15.7. The summed E-state index contributed by atoms with van der Waals surface area (Å²) in [6, 6.07) is 14.3. The summed E-state index contributed by atoms with van der Waals surface area (Å²) in [6.07, 6.45) is 1.84. The van der Waals surface area contributed by atoms with Crippen molar-refractivity contribution in [1.29, 1.82) is 0 Å². The maximum Gasteiger partial charge on any atom is 0.128 e. The second kappa shape index (κ2) is 5.44. The third-order valence-electron chi connectivity index (χ3n) is 3.48. The first-order valence-electron chi connectivity index (χ1n) is 6.90. The monoisotopic (exact) mass is 295 g/mol. The van der Waals surface area contributed by atoms with E-state index in [9.17, 15) is 10.2 Å². The first kappa shape index (κ1) is 14.0. The fourth-order valence-electron chi connectivity index (χ4n) is 2.25. The Morgan fingerprint density at radius 2 is 1.68 bits per heavy atom. The van der Waals surface area contributed by atoms with Crippen LogP contribution in [-0.4, -0.2) is 34.1 Å². The quantitative estimate of drug-likeness (QED) is 0.779. The molecule has 0 fully saturated rings. The highest BCUT2D eigenvalue weighted by molar-refractivity contribution is 5.67. The van der Waals surface area contributed by atoms with E-state index in [1.807, 2.05) is 55.5 Å². The van der Waals surface area contributed by atoms with Crippen LogP contribution in [0.2, 0.25) is 0 Å². The van der Waals surface area contributed by atoms with Crippen molar-refractivity contribution in [2.24, 2.45) is 0 Å². The number of rotatable bonds is 3. The standard InChI is InChI=1S/C17H17N3O2/c1-19(2)12-3-5-13(6-4-12)20-10-9-16(18-20)15-8-7-14(21)11-17(15)22/h3-11,21-22H,1-2H3. The second-order valence-electron chi connectivity index (χ2n) is 5.26. The summed E-state index contributed by atoms with van der Waals surface area (Å²) in [5, 5.41) is 23.7. The van der Waals surface area contributed by atoms with Gasteiger partial charge < -0.3 is 15.1 Å². The molecule has 5 heteroatoms. The van der Waals surface area contributed by atoms with Crippen LogP contribution in [0.3, 0.4) is 0 Å². The van der Waals surface area contributed by atoms with Crippen molar-refractivity contribution in [2.75, 3.05) is 19.0 Å². The van der Waals surface area contributed by atoms with Gasteiger partial charge in [0.25, 0.3) is 0 Å². The predicted octanol–water partition coefficient (Wildman–Crippen LogP) is 3.02. The van der Waals surface area contributed by atoms with Crippen molar-refractivity contribution in [3.8, 4) is 28.4 Å². The molecule has 0 aliphatic heterocycles. The lowest BCUT2D eigenvalue weighted by Crippen LogP contribution is -2.08. The second-order valence-corrected chi connectivity index (χ2v) is 5.26. The molecular formula is C17H17N3O2. The number of hydrogen-bond donors (Lipinski definition) is 2. The Kier molecular flexibility index (Phi) is 3.47. The van der Waals surface area contributed by atoms with E-state index in [4.69, 9.17) is 0 Å². The highest BCUT2D eigenvalue weighted by atomic mass is 16.3. The molecule has 22 heavy (non-hydrogen) atoms. The Hall–Kier alpha value is -2.95. The summed E-state index contributed by atoms with van der Waals surface area (Å²) < 4.78 is 1.75. The number of phenolic OH excluding ortho intramolecular Hbond substituents is 2. The van der Waals surface area contributed by atoms with Crippen LogP contribution < -0.4 is 4.90 Å². The summed E-state index contributed by atoms with van der Waals surface area (Å²) in [6.45, 7) is 0. The van der Waals surface area contributed by atoms with Crippen molar-refractivity contribution >= 4 is 5.69 Å². The molecule has 0 unspecified atom stereocenters. The Labute approximate surface area is 128 Å². The fourth-order valence-corrected chi connectivity index (χ4v) is 2.25. The Balaban J connectivity index is 1.93. The van der Waals surface area contributed by atoms with Gasteiger partial charge in [-0.25, -0.2) is 4.68 Å². The number of nitrogens with zero attached hydrogens (tertiary/aromatic N) is 3. The van der Waals surface area contributed by atoms with Crippen LogP contribution in [-0.2, 0) is 0 Å². The van der Waals surface area contributed by atoms with Gasteiger partial charge in [0.15, 0.2) is 0 Å². The molecule has 0 bridgehead atoms. The summed E-state index contributed by atoms with van der Waals surface area (Å²) in [4.78, 5) is 2.03. The number of benzene rings is 2. The predicted molar refractivity (Wildman–Crippen MR) is 86.7 cm³/mol. The van der Waals surface area contributed by atoms with E-state index < -0.39 is 0 Å². The molecule has 0 aliphatic rings. The lowest BCUT2D eigenvalue weighted by molar-refractivity contribution is 0.451. The van der Waals surface area contributed by atoms with Crippen LogP contribution in [0.25, 0.3) is 16.9 Å². The SMILES string of the molecule is CN(C)c1ccc(-n2ccc(-c3ccc(O)cc3O)n2)cc1. The Bertz CT molecular complexity index is 792. The minimum absolute atomic E-state index is 0.00760. The van der Waals surface area contributed by atoms with E-state index in [0.717, 1.165) is 11.4 Å². The number of phenols is 2. The van der Waals surface area contributed by atoms with Gasteiger partial charge >= 0.3 is 0 Å². The van der Waals surface area contributed by atoms with Crippen molar-refractivity contribution in [1.82, 2.24) is 9.78 Å². The Morgan fingerprint density at radius 1 is 0.955 bits per heavy atom. The molecule has 3 rings (SSSR count). The molecule has 112 valence electrons. The molecule has 0 amide bonds. The molecule has 5 nitrogen and oxygen atoms in total. The molecule has 0 atom stereocenters. The van der Waals surface area contributed by atoms with Gasteiger partial charge in [-0.05, 0) is 42.5 Å². The number of aromatic nitrogens is 2. The average Bonchev–Trinajstić information content (AvgIpc) is 2.97. The van der Waals surface area contributed by atoms with Crippen molar-refractivity contribution < 1.29 is 10.2 Å². The molecule has 0 radical (unpaired) electrons. The van der Waals surface area contributed by atoms with E-state index in [2.05, 4.69) is 5.10 Å². The van der Waals surface area contributed by atoms with E-state index in [-0.39, 0.29) is 11.5 Å². The van der Waals surface area contributed by atoms with E-state index in [1.54, 1.807) is 10.7 Å². The highest BCUT2D eigenvalue weighted by Crippen LogP contribution is 2.31. The van der Waals surface area contributed by atoms with Crippen molar-refractivity contribution in [2.45, 2.75) is 0 Å². The van der Waals surface area contributed by atoms with Gasteiger partial charge in [0.05, 0.1) is 11.4 Å². The maximum absolute atomic E-state index is 9.91. The fraction of sp³-hybridized carbons (Fsp3) is 0.118. The highest BCUT2D eigenvalue weighted by Gasteiger charge is 2.09. The van der Waals surface area contributed by atoms with Crippen molar-refractivity contribution in [3.05, 3.63) is 54.7 Å². The number of anilines is 1. The summed E-state index contributed by atoms with van der Waals surface area (Å²) in [7, 11) is 3.99. The molecule has 2 N–H and O–H groups in total. The average molecular weight is 295 g/mol. The van der Waals surface area contributed by atoms with E-state index in [0.29, 0.717) is 11.3 Å². The summed E-state index contributed by atoms with van der Waals surface area (Å²) >= 11 is 0. The van der Waals surface area contributed by atoms with Gasteiger partial charge in [0, 0.05) is 37.6 Å². The normalized spacial score (nSPS) is 10.6. The summed E-state index contributed by atoms with van der Waals surface area (Å²) in [5.74, 6) is 0.0353. The molecule has 0 saturated heterocycles. The zero-order valence-electron chi connectivity index (χ0n) is 12.4. The summed E-state index contributed by atoms with van der Waals surface area (Å²) in [5.41, 5.74) is 3.29. The maximum atomic E-state index is 9.91. The molecule has 0 saturated carbocycles. The number of aromatic hydroxyl groups is 2. The van der Waals surface area contributed by atoms with Gasteiger partial charge in [-0.1, -0.05) is 0 Å². The molecular weight excluding hydrogens is 278 g/mol. The topological polar surface area (TPSA) is 61.5 Å². The van der Waals surface area contributed by atoms with Gasteiger partial charge in [-0.2, -0.15) is 5.10 Å². The largest absolute Gasteiger partial charge is 0.508 e. The van der Waals surface area contributed by atoms with Crippen LogP contribution in [0.15, 0.2) is 54.7 Å². The molecule has 1 aromatic heterocycles. The molecule has 3 aromatic rings. The van der Waals surface area contributed by atoms with E-state index in [1.165, 1.54) is 12.1 Å². The minimum atomic E-state index is 0.00760.